The Morgan fingerprint density at radius 3 is 2.62 bits per heavy atom. The first-order valence-corrected chi connectivity index (χ1v) is 8.72. The van der Waals surface area contributed by atoms with Crippen LogP contribution in [0, 0.1) is 0 Å². The maximum absolute atomic E-state index is 10.4. The van der Waals surface area contributed by atoms with Crippen molar-refractivity contribution in [1.29, 1.82) is 0 Å². The number of carboxylic acids is 1. The van der Waals surface area contributed by atoms with Crippen LogP contribution in [0.1, 0.15) is 13.3 Å². The fraction of sp³-hybridized carbons (Fsp3) is 0.833. The van der Waals surface area contributed by atoms with Gasteiger partial charge in [0.1, 0.15) is 5.25 Å². The van der Waals surface area contributed by atoms with E-state index in [1.54, 1.807) is 20.6 Å². The molecule has 78 valence electrons. The number of aliphatic hydroxyl groups is 1. The summed E-state index contributed by atoms with van der Waals surface area (Å²) in [5.74, 6) is 0.107. The van der Waals surface area contributed by atoms with Crippen molar-refractivity contribution in [3.63, 3.8) is 0 Å². The van der Waals surface area contributed by atoms with E-state index >= 15 is 0 Å². The number of hydrogen-bond donors (Lipinski definition) is 2. The molecule has 1 atom stereocenters. The summed E-state index contributed by atoms with van der Waals surface area (Å²) in [4.78, 5) is 10.4. The molecule has 0 aliphatic rings. The molecule has 0 amide bonds. The molecule has 7 heteroatoms. The van der Waals surface area contributed by atoms with E-state index in [0.717, 1.165) is 12.2 Å². The van der Waals surface area contributed by atoms with Gasteiger partial charge in [-0.1, -0.05) is 28.5 Å². The fourth-order valence-electron chi connectivity index (χ4n) is 0.350. The quantitative estimate of drug-likeness (QED) is 0.513. The fourth-order valence-corrected chi connectivity index (χ4v) is 6.56. The molecule has 0 aromatic rings. The van der Waals surface area contributed by atoms with Gasteiger partial charge in [-0.05, 0) is 26.1 Å². The van der Waals surface area contributed by atoms with Gasteiger partial charge in [-0.15, -0.1) is 0 Å². The van der Waals surface area contributed by atoms with Gasteiger partial charge in [-0.25, -0.2) is 0 Å². The number of carbonyl (C=O) groups is 1. The third kappa shape index (κ3) is 7.87. The van der Waals surface area contributed by atoms with Gasteiger partial charge in [0.25, 0.3) is 0 Å². The summed E-state index contributed by atoms with van der Waals surface area (Å²) < 4.78 is 0. The predicted octanol–water partition coefficient (Wildman–Crippen LogP) is 2.52. The molecule has 0 fully saturated rings. The standard InChI is InChI=1S/C6H12O3S4/c1-2-3-10-12-13-11-5(4-7)6(8)9/h5,7H,2-4H2,1H3,(H,8,9). The maximum Gasteiger partial charge on any atom is 0.319 e. The smallest absolute Gasteiger partial charge is 0.319 e. The van der Waals surface area contributed by atoms with Crippen molar-refractivity contribution in [3.8, 4) is 0 Å². The molecular formula is C6H12O3S4. The predicted molar refractivity (Wildman–Crippen MR) is 64.0 cm³/mol. The highest BCUT2D eigenvalue weighted by Gasteiger charge is 2.16. The zero-order valence-electron chi connectivity index (χ0n) is 7.13. The van der Waals surface area contributed by atoms with Crippen LogP contribution in [0.15, 0.2) is 0 Å². The molecule has 0 aliphatic heterocycles. The minimum Gasteiger partial charge on any atom is -0.480 e. The second kappa shape index (κ2) is 9.39. The van der Waals surface area contributed by atoms with Crippen molar-refractivity contribution in [2.45, 2.75) is 18.6 Å². The van der Waals surface area contributed by atoms with Crippen LogP contribution in [0.25, 0.3) is 0 Å². The number of rotatable bonds is 8. The summed E-state index contributed by atoms with van der Waals surface area (Å²) in [6, 6.07) is 0. The molecule has 13 heavy (non-hydrogen) atoms. The molecule has 3 nitrogen and oxygen atoms in total. The lowest BCUT2D eigenvalue weighted by molar-refractivity contribution is -0.137. The Balaban J connectivity index is 3.33. The van der Waals surface area contributed by atoms with Crippen molar-refractivity contribution in [3.05, 3.63) is 0 Å². The third-order valence-electron chi connectivity index (χ3n) is 0.960. The lowest BCUT2D eigenvalue weighted by Crippen LogP contribution is -2.19. The van der Waals surface area contributed by atoms with Crippen molar-refractivity contribution in [1.82, 2.24) is 0 Å². The minimum atomic E-state index is -0.957. The van der Waals surface area contributed by atoms with Crippen molar-refractivity contribution in [2.24, 2.45) is 0 Å². The van der Waals surface area contributed by atoms with E-state index in [1.807, 2.05) is 0 Å². The van der Waals surface area contributed by atoms with Crippen LogP contribution < -0.4 is 0 Å². The molecule has 0 heterocycles. The van der Waals surface area contributed by atoms with E-state index in [2.05, 4.69) is 6.92 Å². The molecule has 0 saturated carbocycles. The highest BCUT2D eigenvalue weighted by molar-refractivity contribution is 9.26. The molecule has 0 aromatic heterocycles. The first kappa shape index (κ1) is 13.8. The van der Waals surface area contributed by atoms with Crippen molar-refractivity contribution in [2.75, 3.05) is 12.4 Å². The first-order chi connectivity index (χ1) is 6.22. The Morgan fingerprint density at radius 1 is 1.46 bits per heavy atom. The lowest BCUT2D eigenvalue weighted by Gasteiger charge is -2.05. The zero-order chi connectivity index (χ0) is 10.1. The summed E-state index contributed by atoms with van der Waals surface area (Å²) >= 11 is 0. The maximum atomic E-state index is 10.4. The van der Waals surface area contributed by atoms with E-state index in [1.165, 1.54) is 20.6 Å². The summed E-state index contributed by atoms with van der Waals surface area (Å²) in [6.07, 6.45) is 1.12. The number of aliphatic hydroxyl groups excluding tert-OH is 1. The average molecular weight is 260 g/mol. The molecule has 0 aromatic carbocycles. The molecule has 0 radical (unpaired) electrons. The topological polar surface area (TPSA) is 57.5 Å². The van der Waals surface area contributed by atoms with Crippen molar-refractivity contribution < 1.29 is 15.0 Å². The van der Waals surface area contributed by atoms with Crippen LogP contribution in [0.2, 0.25) is 0 Å². The molecular weight excluding hydrogens is 248 g/mol. The van der Waals surface area contributed by atoms with E-state index in [9.17, 15) is 4.79 Å². The number of carboxylic acid groups (broad SMARTS) is 1. The van der Waals surface area contributed by atoms with E-state index in [0.29, 0.717) is 0 Å². The van der Waals surface area contributed by atoms with Crippen LogP contribution in [-0.4, -0.2) is 33.8 Å². The second-order valence-corrected chi connectivity index (χ2v) is 8.29. The average Bonchev–Trinajstić information content (AvgIpc) is 2.10. The van der Waals surface area contributed by atoms with Gasteiger partial charge in [0, 0.05) is 5.75 Å². The van der Waals surface area contributed by atoms with Gasteiger partial charge in [0.15, 0.2) is 0 Å². The third-order valence-corrected chi connectivity index (χ3v) is 7.81. The van der Waals surface area contributed by atoms with E-state index in [-0.39, 0.29) is 6.61 Å². The van der Waals surface area contributed by atoms with Gasteiger partial charge < -0.3 is 10.2 Å². The molecule has 0 aliphatic carbocycles. The van der Waals surface area contributed by atoms with Gasteiger partial charge in [-0.3, -0.25) is 4.79 Å². The molecule has 0 bridgehead atoms. The Hall–Kier alpha value is 0.830. The Kier molecular flexibility index (Phi) is 9.99. The van der Waals surface area contributed by atoms with Crippen LogP contribution in [0.4, 0.5) is 0 Å². The van der Waals surface area contributed by atoms with Crippen LogP contribution in [0.3, 0.4) is 0 Å². The van der Waals surface area contributed by atoms with Gasteiger partial charge >= 0.3 is 5.97 Å². The summed E-state index contributed by atoms with van der Waals surface area (Å²) in [5.41, 5.74) is 0. The second-order valence-electron chi connectivity index (χ2n) is 2.06. The SMILES string of the molecule is CCCSSSSC(CO)C(=O)O. The Bertz CT molecular complexity index is 144. The largest absolute Gasteiger partial charge is 0.480 e. The molecule has 1 unspecified atom stereocenters. The summed E-state index contributed by atoms with van der Waals surface area (Å²) in [5, 5.41) is 16.5. The first-order valence-electron chi connectivity index (χ1n) is 3.67. The molecule has 0 spiro atoms. The van der Waals surface area contributed by atoms with Gasteiger partial charge in [-0.2, -0.15) is 0 Å². The van der Waals surface area contributed by atoms with Crippen LogP contribution in [-0.2, 0) is 4.79 Å². The lowest BCUT2D eigenvalue weighted by atomic mass is 10.5. The number of hydrogen-bond acceptors (Lipinski definition) is 6. The summed E-state index contributed by atoms with van der Waals surface area (Å²) in [7, 11) is 5.86. The number of aliphatic carboxylic acids is 1. The van der Waals surface area contributed by atoms with Crippen molar-refractivity contribution >= 4 is 47.2 Å². The Morgan fingerprint density at radius 2 is 2.15 bits per heavy atom. The van der Waals surface area contributed by atoms with Gasteiger partial charge in [0.05, 0.1) is 6.61 Å². The molecule has 2 N–H and O–H groups in total. The summed E-state index contributed by atoms with van der Waals surface area (Å²) in [6.45, 7) is 1.78. The molecule has 0 saturated heterocycles. The highest BCUT2D eigenvalue weighted by atomic mass is 33.7. The van der Waals surface area contributed by atoms with Gasteiger partial charge in [0.2, 0.25) is 0 Å². The minimum absolute atomic E-state index is 0.313. The highest BCUT2D eigenvalue weighted by Crippen LogP contribution is 2.44. The van der Waals surface area contributed by atoms with E-state index < -0.39 is 11.2 Å². The normalized spacial score (nSPS) is 12.8. The molecule has 0 rings (SSSR count). The Labute approximate surface area is 93.0 Å². The van der Waals surface area contributed by atoms with Crippen LogP contribution >= 0.6 is 41.2 Å². The monoisotopic (exact) mass is 260 g/mol. The van der Waals surface area contributed by atoms with E-state index in [4.69, 9.17) is 10.2 Å². The van der Waals surface area contributed by atoms with Crippen LogP contribution in [0.5, 0.6) is 0 Å². The zero-order valence-corrected chi connectivity index (χ0v) is 10.4.